The maximum atomic E-state index is 13.8. The summed E-state index contributed by atoms with van der Waals surface area (Å²) in [6.07, 6.45) is 1.83. The van der Waals surface area contributed by atoms with E-state index in [2.05, 4.69) is 4.99 Å². The van der Waals surface area contributed by atoms with Crippen LogP contribution in [0.15, 0.2) is 99.9 Å². The Morgan fingerprint density at radius 1 is 1.03 bits per heavy atom. The third kappa shape index (κ3) is 5.42. The molecule has 0 amide bonds. The van der Waals surface area contributed by atoms with Crippen LogP contribution in [-0.2, 0) is 16.1 Å². The molecule has 3 aromatic carbocycles. The first-order valence-corrected chi connectivity index (χ1v) is 13.4. The smallest absolute Gasteiger partial charge is 0.338 e. The normalized spacial score (nSPS) is 14.9. The van der Waals surface area contributed by atoms with Gasteiger partial charge in [-0.05, 0) is 49.2 Å². The maximum absolute atomic E-state index is 13.8. The van der Waals surface area contributed by atoms with Crippen molar-refractivity contribution in [2.24, 2.45) is 4.99 Å². The van der Waals surface area contributed by atoms with Gasteiger partial charge < -0.3 is 14.2 Å². The minimum atomic E-state index is -0.729. The second kappa shape index (κ2) is 11.5. The van der Waals surface area contributed by atoms with E-state index in [0.29, 0.717) is 38.5 Å². The Bertz CT molecular complexity index is 1700. The monoisotopic (exact) mass is 540 g/mol. The average Bonchev–Trinajstić information content (AvgIpc) is 3.26. The number of carbonyl (C=O) groups excluding carboxylic acids is 1. The van der Waals surface area contributed by atoms with Gasteiger partial charge in [-0.2, -0.15) is 0 Å². The van der Waals surface area contributed by atoms with Crippen LogP contribution in [0.4, 0.5) is 0 Å². The maximum Gasteiger partial charge on any atom is 0.338 e. The van der Waals surface area contributed by atoms with Crippen molar-refractivity contribution in [2.75, 3.05) is 13.7 Å². The molecular formula is C31H28N2O5S. The van der Waals surface area contributed by atoms with Crippen molar-refractivity contribution in [1.82, 2.24) is 4.57 Å². The predicted molar refractivity (Wildman–Crippen MR) is 151 cm³/mol. The molecule has 0 aliphatic carbocycles. The molecule has 0 spiro atoms. The summed E-state index contributed by atoms with van der Waals surface area (Å²) in [5.74, 6) is 0.804. The highest BCUT2D eigenvalue weighted by atomic mass is 32.1. The third-order valence-corrected chi connectivity index (χ3v) is 7.36. The van der Waals surface area contributed by atoms with E-state index in [4.69, 9.17) is 14.2 Å². The van der Waals surface area contributed by atoms with Crippen molar-refractivity contribution >= 4 is 23.4 Å². The highest BCUT2D eigenvalue weighted by Crippen LogP contribution is 2.35. The van der Waals surface area contributed by atoms with Crippen LogP contribution in [0.3, 0.4) is 0 Å². The third-order valence-electron chi connectivity index (χ3n) is 6.38. The van der Waals surface area contributed by atoms with E-state index in [9.17, 15) is 9.59 Å². The van der Waals surface area contributed by atoms with Gasteiger partial charge in [0.1, 0.15) is 24.1 Å². The summed E-state index contributed by atoms with van der Waals surface area (Å²) in [4.78, 5) is 32.0. The van der Waals surface area contributed by atoms with Crippen LogP contribution in [0.1, 0.15) is 36.6 Å². The van der Waals surface area contributed by atoms with Crippen molar-refractivity contribution in [3.8, 4) is 11.5 Å². The number of nitrogens with zero attached hydrogens (tertiary/aromatic N) is 2. The Kier molecular flexibility index (Phi) is 7.74. The van der Waals surface area contributed by atoms with E-state index >= 15 is 0 Å². The zero-order chi connectivity index (χ0) is 27.4. The number of benzene rings is 3. The molecule has 5 rings (SSSR count). The summed E-state index contributed by atoms with van der Waals surface area (Å²) in [7, 11) is 1.57. The number of hydrogen-bond donors (Lipinski definition) is 0. The molecule has 8 heteroatoms. The fourth-order valence-corrected chi connectivity index (χ4v) is 5.58. The minimum absolute atomic E-state index is 0.212. The van der Waals surface area contributed by atoms with Gasteiger partial charge in [0.15, 0.2) is 4.80 Å². The molecule has 0 saturated heterocycles. The Balaban J connectivity index is 1.53. The number of rotatable bonds is 8. The summed E-state index contributed by atoms with van der Waals surface area (Å²) < 4.78 is 18.9. The number of carbonyl (C=O) groups is 1. The number of allylic oxidation sites excluding steroid dienone is 1. The van der Waals surface area contributed by atoms with Crippen LogP contribution in [-0.4, -0.2) is 24.3 Å². The summed E-state index contributed by atoms with van der Waals surface area (Å²) in [5.41, 5.74) is 3.21. The summed E-state index contributed by atoms with van der Waals surface area (Å²) in [6.45, 7) is 4.20. The van der Waals surface area contributed by atoms with Crippen LogP contribution in [0.5, 0.6) is 11.5 Å². The quantitative estimate of drug-likeness (QED) is 0.310. The van der Waals surface area contributed by atoms with Crippen molar-refractivity contribution in [3.05, 3.63) is 127 Å². The van der Waals surface area contributed by atoms with Crippen LogP contribution in [0.25, 0.3) is 6.08 Å². The summed E-state index contributed by atoms with van der Waals surface area (Å²) >= 11 is 1.28. The Labute approximate surface area is 229 Å². The molecule has 39 heavy (non-hydrogen) atoms. The van der Waals surface area contributed by atoms with Crippen molar-refractivity contribution in [2.45, 2.75) is 26.5 Å². The highest BCUT2D eigenvalue weighted by Gasteiger charge is 2.34. The Morgan fingerprint density at radius 3 is 2.46 bits per heavy atom. The number of aromatic nitrogens is 1. The topological polar surface area (TPSA) is 79.1 Å². The standard InChI is InChI=1S/C31H28N2O5S/c1-4-37-30(35)27-20(2)32-31-33(28(27)24-12-8-9-13-25(24)36-3)29(34)26(39-31)18-21-14-16-23(17-15-21)38-19-22-10-6-5-7-11-22/h5-18,28H,4,19H2,1-3H3. The lowest BCUT2D eigenvalue weighted by molar-refractivity contribution is -0.139. The number of hydrogen-bond acceptors (Lipinski definition) is 7. The molecule has 7 nitrogen and oxygen atoms in total. The molecule has 1 aliphatic rings. The number of ether oxygens (including phenoxy) is 3. The number of thiazole rings is 1. The van der Waals surface area contributed by atoms with Crippen LogP contribution < -0.4 is 24.4 Å². The van der Waals surface area contributed by atoms with E-state index < -0.39 is 12.0 Å². The van der Waals surface area contributed by atoms with Gasteiger partial charge in [0, 0.05) is 5.56 Å². The molecule has 0 saturated carbocycles. The second-order valence-electron chi connectivity index (χ2n) is 8.89. The SMILES string of the molecule is CCOC(=O)C1=C(C)N=c2sc(=Cc3ccc(OCc4ccccc4)cc3)c(=O)n2C1c1ccccc1OC. The van der Waals surface area contributed by atoms with Gasteiger partial charge in [0.25, 0.3) is 5.56 Å². The fourth-order valence-electron chi connectivity index (χ4n) is 4.53. The number of para-hydroxylation sites is 1. The molecule has 2 heterocycles. The van der Waals surface area contributed by atoms with Crippen molar-refractivity contribution in [1.29, 1.82) is 0 Å². The number of esters is 1. The summed E-state index contributed by atoms with van der Waals surface area (Å²) in [5, 5.41) is 0. The van der Waals surface area contributed by atoms with Gasteiger partial charge in [-0.1, -0.05) is 72.0 Å². The Morgan fingerprint density at radius 2 is 1.74 bits per heavy atom. The predicted octanol–water partition coefficient (Wildman–Crippen LogP) is 4.39. The van der Waals surface area contributed by atoms with Gasteiger partial charge >= 0.3 is 5.97 Å². The van der Waals surface area contributed by atoms with Gasteiger partial charge in [-0.3, -0.25) is 9.36 Å². The van der Waals surface area contributed by atoms with Gasteiger partial charge in [-0.15, -0.1) is 0 Å². The zero-order valence-corrected chi connectivity index (χ0v) is 22.7. The van der Waals surface area contributed by atoms with E-state index in [1.165, 1.54) is 11.3 Å². The van der Waals surface area contributed by atoms with Crippen LogP contribution in [0.2, 0.25) is 0 Å². The fraction of sp³-hybridized carbons (Fsp3) is 0.194. The van der Waals surface area contributed by atoms with Crippen molar-refractivity contribution in [3.63, 3.8) is 0 Å². The lowest BCUT2D eigenvalue weighted by atomic mass is 9.95. The molecule has 198 valence electrons. The highest BCUT2D eigenvalue weighted by molar-refractivity contribution is 7.07. The van der Waals surface area contributed by atoms with Crippen LogP contribution in [0, 0.1) is 0 Å². The van der Waals surface area contributed by atoms with E-state index in [1.807, 2.05) is 84.9 Å². The zero-order valence-electron chi connectivity index (χ0n) is 21.9. The van der Waals surface area contributed by atoms with Crippen LogP contribution >= 0.6 is 11.3 Å². The number of methoxy groups -OCH3 is 1. The molecule has 0 bridgehead atoms. The lowest BCUT2D eigenvalue weighted by Gasteiger charge is -2.25. The lowest BCUT2D eigenvalue weighted by Crippen LogP contribution is -2.40. The van der Waals surface area contributed by atoms with Gasteiger partial charge in [0.05, 0.1) is 29.5 Å². The average molecular weight is 541 g/mol. The molecule has 1 atom stereocenters. The molecule has 0 N–H and O–H groups in total. The first kappa shape index (κ1) is 26.2. The van der Waals surface area contributed by atoms with E-state index in [0.717, 1.165) is 16.9 Å². The van der Waals surface area contributed by atoms with E-state index in [1.54, 1.807) is 25.5 Å². The molecule has 0 fully saturated rings. The summed E-state index contributed by atoms with van der Waals surface area (Å²) in [6, 6.07) is 24.2. The van der Waals surface area contributed by atoms with Crippen molar-refractivity contribution < 1.29 is 19.0 Å². The molecule has 0 radical (unpaired) electrons. The first-order chi connectivity index (χ1) is 19.0. The largest absolute Gasteiger partial charge is 0.496 e. The number of fused-ring (bicyclic) bond motifs is 1. The molecule has 1 unspecified atom stereocenters. The molecule has 1 aliphatic heterocycles. The molecule has 1 aromatic heterocycles. The second-order valence-corrected chi connectivity index (χ2v) is 9.90. The first-order valence-electron chi connectivity index (χ1n) is 12.6. The minimum Gasteiger partial charge on any atom is -0.496 e. The van der Waals surface area contributed by atoms with E-state index in [-0.39, 0.29) is 12.2 Å². The van der Waals surface area contributed by atoms with Gasteiger partial charge in [-0.25, -0.2) is 9.79 Å². The molecule has 4 aromatic rings. The Hall–Kier alpha value is -4.43. The molecular weight excluding hydrogens is 512 g/mol. The van der Waals surface area contributed by atoms with Gasteiger partial charge in [0.2, 0.25) is 0 Å².